The summed E-state index contributed by atoms with van der Waals surface area (Å²) in [6, 6.07) is 5.94. The van der Waals surface area contributed by atoms with Gasteiger partial charge in [0.25, 0.3) is 0 Å². The van der Waals surface area contributed by atoms with Crippen LogP contribution >= 0.6 is 0 Å². The summed E-state index contributed by atoms with van der Waals surface area (Å²) in [5, 5.41) is 9.13. The van der Waals surface area contributed by atoms with E-state index in [-0.39, 0.29) is 22.7 Å². The number of hydrogen-bond donors (Lipinski definition) is 1. The summed E-state index contributed by atoms with van der Waals surface area (Å²) in [7, 11) is 0. The number of unbranched alkanes of at least 4 members (excludes halogenated alkanes) is 2. The van der Waals surface area contributed by atoms with Gasteiger partial charge >= 0.3 is 5.97 Å². The molecule has 0 atom stereocenters. The number of benzene rings is 2. The van der Waals surface area contributed by atoms with Crippen LogP contribution < -0.4 is 4.90 Å². The first-order valence-corrected chi connectivity index (χ1v) is 12.0. The number of carboxylic acids is 1. The van der Waals surface area contributed by atoms with Gasteiger partial charge in [-0.15, -0.1) is 0 Å². The molecule has 188 valence electrons. The molecule has 1 fully saturated rings. The van der Waals surface area contributed by atoms with E-state index in [1.54, 1.807) is 28.0 Å². The number of anilines is 1. The molecule has 35 heavy (non-hydrogen) atoms. The van der Waals surface area contributed by atoms with Crippen LogP contribution in [0.1, 0.15) is 52.7 Å². The number of aromatic carboxylic acids is 1. The Morgan fingerprint density at radius 3 is 2.34 bits per heavy atom. The highest BCUT2D eigenvalue weighted by Gasteiger charge is 2.25. The maximum atomic E-state index is 14.4. The van der Waals surface area contributed by atoms with E-state index in [9.17, 15) is 22.8 Å². The Morgan fingerprint density at radius 1 is 0.914 bits per heavy atom. The van der Waals surface area contributed by atoms with E-state index >= 15 is 0 Å². The van der Waals surface area contributed by atoms with Crippen LogP contribution in [-0.2, 0) is 17.9 Å². The highest BCUT2D eigenvalue weighted by molar-refractivity contribution is 5.88. The summed E-state index contributed by atoms with van der Waals surface area (Å²) in [4.78, 5) is 29.5. The van der Waals surface area contributed by atoms with Crippen molar-refractivity contribution in [1.29, 1.82) is 0 Å². The Balaban J connectivity index is 1.15. The molecule has 2 aliphatic rings. The van der Waals surface area contributed by atoms with Crippen molar-refractivity contribution in [3.8, 4) is 0 Å². The van der Waals surface area contributed by atoms with Crippen LogP contribution in [0.4, 0.5) is 18.9 Å². The smallest absolute Gasteiger partial charge is 0.335 e. The zero-order valence-corrected chi connectivity index (χ0v) is 19.8. The summed E-state index contributed by atoms with van der Waals surface area (Å²) < 4.78 is 41.7. The molecule has 0 bridgehead atoms. The maximum absolute atomic E-state index is 14.4. The van der Waals surface area contributed by atoms with Gasteiger partial charge in [-0.05, 0) is 49.6 Å². The number of carbonyl (C=O) groups is 2. The van der Waals surface area contributed by atoms with Gasteiger partial charge in [0.15, 0.2) is 17.5 Å². The van der Waals surface area contributed by atoms with Crippen molar-refractivity contribution >= 4 is 17.6 Å². The van der Waals surface area contributed by atoms with Crippen molar-refractivity contribution in [1.82, 2.24) is 9.80 Å². The molecule has 0 spiro atoms. The maximum Gasteiger partial charge on any atom is 0.335 e. The molecule has 0 saturated carbocycles. The fourth-order valence-electron chi connectivity index (χ4n) is 4.81. The van der Waals surface area contributed by atoms with Gasteiger partial charge in [-0.25, -0.2) is 18.0 Å². The van der Waals surface area contributed by atoms with E-state index in [2.05, 4.69) is 4.90 Å². The van der Waals surface area contributed by atoms with E-state index in [1.165, 1.54) is 6.92 Å². The number of nitrogens with zero attached hydrogens (tertiary/aromatic N) is 3. The average Bonchev–Trinajstić information content (AvgIpc) is 3.29. The van der Waals surface area contributed by atoms with Crippen LogP contribution in [0.5, 0.6) is 0 Å². The van der Waals surface area contributed by atoms with Crippen LogP contribution in [0.3, 0.4) is 0 Å². The van der Waals surface area contributed by atoms with Crippen molar-refractivity contribution in [3.63, 3.8) is 0 Å². The molecule has 1 N–H and O–H groups in total. The summed E-state index contributed by atoms with van der Waals surface area (Å²) in [6.07, 6.45) is 3.09. The lowest BCUT2D eigenvalue weighted by Gasteiger charge is -2.36. The fourth-order valence-corrected chi connectivity index (χ4v) is 4.81. The first-order chi connectivity index (χ1) is 16.7. The highest BCUT2D eigenvalue weighted by Crippen LogP contribution is 2.28. The third-order valence-corrected chi connectivity index (χ3v) is 6.96. The molecule has 9 heteroatoms. The largest absolute Gasteiger partial charge is 0.478 e. The molecule has 0 radical (unpaired) electrons. The van der Waals surface area contributed by atoms with E-state index in [4.69, 9.17) is 5.11 Å². The lowest BCUT2D eigenvalue weighted by Crippen LogP contribution is -2.47. The van der Waals surface area contributed by atoms with Crippen molar-refractivity contribution in [2.45, 2.75) is 45.7 Å². The van der Waals surface area contributed by atoms with Crippen LogP contribution in [0.15, 0.2) is 24.3 Å². The second-order valence-electron chi connectivity index (χ2n) is 9.31. The molecule has 2 aromatic rings. The molecular weight excluding hydrogens is 459 g/mol. The highest BCUT2D eigenvalue weighted by atomic mass is 19.2. The van der Waals surface area contributed by atoms with Gasteiger partial charge in [0.2, 0.25) is 5.91 Å². The third-order valence-electron chi connectivity index (χ3n) is 6.96. The number of amides is 1. The first-order valence-electron chi connectivity index (χ1n) is 12.0. The summed E-state index contributed by atoms with van der Waals surface area (Å²) >= 11 is 0. The molecule has 0 aliphatic carbocycles. The number of piperazine rings is 1. The Labute approximate surface area is 202 Å². The van der Waals surface area contributed by atoms with Crippen LogP contribution in [-0.4, -0.2) is 59.5 Å². The van der Waals surface area contributed by atoms with Crippen LogP contribution in [0.2, 0.25) is 0 Å². The predicted molar refractivity (Wildman–Crippen MR) is 126 cm³/mol. The van der Waals surface area contributed by atoms with Gasteiger partial charge in [-0.3, -0.25) is 9.69 Å². The minimum absolute atomic E-state index is 0.0792. The lowest BCUT2D eigenvalue weighted by molar-refractivity contribution is -0.131. The fraction of sp³-hybridized carbons (Fsp3) is 0.462. The quantitative estimate of drug-likeness (QED) is 0.442. The van der Waals surface area contributed by atoms with Crippen molar-refractivity contribution < 1.29 is 27.9 Å². The number of rotatable bonds is 8. The molecule has 4 rings (SSSR count). The number of carboxylic acid groups (broad SMARTS) is 1. The topological polar surface area (TPSA) is 64.1 Å². The molecule has 0 aromatic heterocycles. The normalized spacial score (nSPS) is 16.0. The van der Waals surface area contributed by atoms with Crippen LogP contribution in [0, 0.1) is 24.4 Å². The number of carbonyl (C=O) groups excluding carboxylic acids is 1. The molecule has 1 saturated heterocycles. The SMILES string of the molecule is Cc1c(F)c(F)cc(N2CCN(CCCCCC(=O)N3Cc4ccc(C(=O)O)cc4C3)CC2)c1F. The molecule has 2 aromatic carbocycles. The van der Waals surface area contributed by atoms with Crippen molar-refractivity contribution in [2.24, 2.45) is 0 Å². The van der Waals surface area contributed by atoms with Gasteiger partial charge in [-0.1, -0.05) is 12.5 Å². The number of fused-ring (bicyclic) bond motifs is 1. The first kappa shape index (κ1) is 25.0. The monoisotopic (exact) mass is 489 g/mol. The molecule has 2 aliphatic heterocycles. The average molecular weight is 490 g/mol. The van der Waals surface area contributed by atoms with Gasteiger partial charge < -0.3 is 14.9 Å². The third kappa shape index (κ3) is 5.61. The Bertz CT molecular complexity index is 1120. The van der Waals surface area contributed by atoms with Gasteiger partial charge in [0.05, 0.1) is 11.3 Å². The zero-order chi connectivity index (χ0) is 25.1. The minimum Gasteiger partial charge on any atom is -0.478 e. The van der Waals surface area contributed by atoms with Gasteiger partial charge in [0, 0.05) is 57.3 Å². The molecule has 0 unspecified atom stereocenters. The lowest BCUT2D eigenvalue weighted by atomic mass is 10.1. The number of halogens is 3. The van der Waals surface area contributed by atoms with E-state index in [1.807, 2.05) is 0 Å². The van der Waals surface area contributed by atoms with Gasteiger partial charge in [0.1, 0.15) is 0 Å². The Hall–Kier alpha value is -3.07. The van der Waals surface area contributed by atoms with E-state index in [0.717, 1.165) is 43.0 Å². The minimum atomic E-state index is -1.13. The van der Waals surface area contributed by atoms with Crippen molar-refractivity contribution in [3.05, 3.63) is 64.0 Å². The second kappa shape index (κ2) is 10.7. The van der Waals surface area contributed by atoms with Crippen molar-refractivity contribution in [2.75, 3.05) is 37.6 Å². The Morgan fingerprint density at radius 2 is 1.63 bits per heavy atom. The Kier molecular flexibility index (Phi) is 7.64. The summed E-state index contributed by atoms with van der Waals surface area (Å²) in [6.45, 7) is 5.60. The number of hydrogen-bond acceptors (Lipinski definition) is 4. The van der Waals surface area contributed by atoms with Crippen LogP contribution in [0.25, 0.3) is 0 Å². The summed E-state index contributed by atoms with van der Waals surface area (Å²) in [5.41, 5.74) is 1.96. The van der Waals surface area contributed by atoms with E-state index < -0.39 is 23.4 Å². The van der Waals surface area contributed by atoms with Gasteiger partial charge in [-0.2, -0.15) is 0 Å². The molecule has 2 heterocycles. The molecular formula is C26H30F3N3O3. The molecule has 1 amide bonds. The van der Waals surface area contributed by atoms with E-state index in [0.29, 0.717) is 45.7 Å². The molecule has 6 nitrogen and oxygen atoms in total. The zero-order valence-electron chi connectivity index (χ0n) is 19.8. The second-order valence-corrected chi connectivity index (χ2v) is 9.31. The standard InChI is InChI=1S/C26H30F3N3O3/c1-17-24(28)21(27)14-22(25(17)29)31-11-9-30(10-12-31)8-4-2-3-5-23(33)32-15-19-7-6-18(26(34)35)13-20(19)16-32/h6-7,13-14H,2-5,8-12,15-16H2,1H3,(H,34,35). The summed E-state index contributed by atoms with van der Waals surface area (Å²) in [5.74, 6) is -3.75. The predicted octanol–water partition coefficient (Wildman–Crippen LogP) is 4.34.